The Morgan fingerprint density at radius 3 is 3.00 bits per heavy atom. The normalized spacial score (nSPS) is 9.93. The predicted octanol–water partition coefficient (Wildman–Crippen LogP) is 4.11. The number of benzene rings is 1. The third kappa shape index (κ3) is 1.87. The van der Waals surface area contributed by atoms with Crippen LogP contribution in [0, 0.1) is 0 Å². The van der Waals surface area contributed by atoms with E-state index < -0.39 is 5.91 Å². The van der Waals surface area contributed by atoms with Crippen LogP contribution in [0.25, 0.3) is 20.5 Å². The lowest BCUT2D eigenvalue weighted by molar-refractivity contribution is 0.100. The van der Waals surface area contributed by atoms with Crippen molar-refractivity contribution in [2.75, 3.05) is 0 Å². The molecule has 1 aromatic heterocycles. The van der Waals surface area contributed by atoms with Crippen molar-refractivity contribution in [3.05, 3.63) is 44.1 Å². The Hall–Kier alpha value is -1.36. The van der Waals surface area contributed by atoms with E-state index in [2.05, 4.69) is 26.0 Å². The van der Waals surface area contributed by atoms with Gasteiger partial charge in [-0.1, -0.05) is 22.0 Å². The Bertz CT molecular complexity index is 586. The van der Waals surface area contributed by atoms with Crippen LogP contribution in [0.15, 0.2) is 33.9 Å². The highest BCUT2D eigenvalue weighted by atomic mass is 79.9. The van der Waals surface area contributed by atoms with Gasteiger partial charge in [0.25, 0.3) is 5.91 Å². The second kappa shape index (κ2) is 4.02. The summed E-state index contributed by atoms with van der Waals surface area (Å²) >= 11 is 4.71. The molecule has 0 atom stereocenters. The Morgan fingerprint density at radius 1 is 1.53 bits per heavy atom. The van der Waals surface area contributed by atoms with E-state index in [9.17, 15) is 4.79 Å². The van der Waals surface area contributed by atoms with Gasteiger partial charge in [-0.25, -0.2) is 0 Å². The molecule has 15 heavy (non-hydrogen) atoms. The number of fused-ring (bicyclic) bond motifs is 1. The average Bonchev–Trinajstić information content (AvgIpc) is 2.63. The zero-order valence-electron chi connectivity index (χ0n) is 7.35. The standard InChI is InChI=1S/C9H4BrN3OS/c10-6-2-1-3-7-5(6)4-8(15-7)9(14)12-13-11/h1-4H. The number of nitrogens with zero attached hydrogens (tertiary/aromatic N) is 3. The van der Waals surface area contributed by atoms with Crippen LogP contribution in [0.1, 0.15) is 9.67 Å². The van der Waals surface area contributed by atoms with Gasteiger partial charge >= 0.3 is 0 Å². The first-order valence-corrected chi connectivity index (χ1v) is 5.61. The minimum Gasteiger partial charge on any atom is -0.286 e. The molecular formula is C9H4BrN3OS. The average molecular weight is 282 g/mol. The number of carbonyl (C=O) groups is 1. The summed E-state index contributed by atoms with van der Waals surface area (Å²) in [5, 5.41) is 4.01. The van der Waals surface area contributed by atoms with Crippen molar-refractivity contribution in [2.24, 2.45) is 5.11 Å². The van der Waals surface area contributed by atoms with E-state index in [-0.39, 0.29) is 0 Å². The van der Waals surface area contributed by atoms with Crippen LogP contribution in [0.3, 0.4) is 0 Å². The molecule has 6 heteroatoms. The molecule has 74 valence electrons. The monoisotopic (exact) mass is 281 g/mol. The lowest BCUT2D eigenvalue weighted by Gasteiger charge is -1.89. The third-order valence-corrected chi connectivity index (χ3v) is 3.63. The molecule has 0 unspecified atom stereocenters. The summed E-state index contributed by atoms with van der Waals surface area (Å²) in [7, 11) is 0. The van der Waals surface area contributed by atoms with Gasteiger partial charge in [-0.15, -0.1) is 11.3 Å². The van der Waals surface area contributed by atoms with Crippen molar-refractivity contribution in [2.45, 2.75) is 0 Å². The second-order valence-electron chi connectivity index (χ2n) is 2.76. The summed E-state index contributed by atoms with van der Waals surface area (Å²) in [5.74, 6) is -0.536. The van der Waals surface area contributed by atoms with Gasteiger partial charge in [0.2, 0.25) is 0 Å². The van der Waals surface area contributed by atoms with Crippen molar-refractivity contribution in [1.82, 2.24) is 0 Å². The maximum Gasteiger partial charge on any atom is 0.259 e. The minimum atomic E-state index is -0.536. The number of amides is 1. The van der Waals surface area contributed by atoms with E-state index in [0.29, 0.717) is 4.88 Å². The summed E-state index contributed by atoms with van der Waals surface area (Å²) in [6.45, 7) is 0. The molecule has 0 saturated heterocycles. The fourth-order valence-electron chi connectivity index (χ4n) is 1.22. The first kappa shape index (κ1) is 10.2. The predicted molar refractivity (Wildman–Crippen MR) is 63.0 cm³/mol. The summed E-state index contributed by atoms with van der Waals surface area (Å²) in [6, 6.07) is 7.43. The minimum absolute atomic E-state index is 0.453. The molecule has 0 saturated carbocycles. The smallest absolute Gasteiger partial charge is 0.259 e. The van der Waals surface area contributed by atoms with Crippen molar-refractivity contribution >= 4 is 43.3 Å². The van der Waals surface area contributed by atoms with Crippen LogP contribution in [-0.4, -0.2) is 5.91 Å². The molecule has 2 rings (SSSR count). The van der Waals surface area contributed by atoms with E-state index >= 15 is 0 Å². The Kier molecular flexibility index (Phi) is 2.73. The number of thiophene rings is 1. The highest BCUT2D eigenvalue weighted by molar-refractivity contribution is 9.10. The molecule has 0 N–H and O–H groups in total. The number of hydrogen-bond acceptors (Lipinski definition) is 2. The van der Waals surface area contributed by atoms with Gasteiger partial charge < -0.3 is 0 Å². The molecule has 1 amide bonds. The fraction of sp³-hybridized carbons (Fsp3) is 0. The maximum absolute atomic E-state index is 11.3. The molecule has 1 aromatic carbocycles. The summed E-state index contributed by atoms with van der Waals surface area (Å²) in [6.07, 6.45) is 0. The first-order chi connectivity index (χ1) is 7.22. The molecule has 0 aliphatic heterocycles. The third-order valence-electron chi connectivity index (χ3n) is 1.85. The summed E-state index contributed by atoms with van der Waals surface area (Å²) < 4.78 is 1.91. The zero-order valence-corrected chi connectivity index (χ0v) is 9.75. The Labute approximate surface area is 97.3 Å². The van der Waals surface area contributed by atoms with Crippen molar-refractivity contribution in [3.63, 3.8) is 0 Å². The van der Waals surface area contributed by atoms with E-state index in [4.69, 9.17) is 5.53 Å². The van der Waals surface area contributed by atoms with E-state index in [1.165, 1.54) is 11.3 Å². The number of halogens is 1. The van der Waals surface area contributed by atoms with Crippen molar-refractivity contribution < 1.29 is 4.79 Å². The van der Waals surface area contributed by atoms with Crippen LogP contribution < -0.4 is 0 Å². The first-order valence-electron chi connectivity index (χ1n) is 4.00. The highest BCUT2D eigenvalue weighted by Gasteiger charge is 2.09. The zero-order chi connectivity index (χ0) is 10.8. The molecule has 0 aliphatic rings. The molecular weight excluding hydrogens is 278 g/mol. The lowest BCUT2D eigenvalue weighted by Crippen LogP contribution is -1.86. The van der Waals surface area contributed by atoms with Gasteiger partial charge in [-0.3, -0.25) is 4.79 Å². The topological polar surface area (TPSA) is 65.8 Å². The maximum atomic E-state index is 11.3. The molecule has 0 aliphatic carbocycles. The molecule has 0 radical (unpaired) electrons. The molecule has 0 spiro atoms. The Morgan fingerprint density at radius 2 is 2.33 bits per heavy atom. The van der Waals surface area contributed by atoms with Crippen molar-refractivity contribution in [1.29, 1.82) is 0 Å². The number of hydrogen-bond donors (Lipinski definition) is 0. The van der Waals surface area contributed by atoms with Crippen LogP contribution >= 0.6 is 27.3 Å². The molecule has 1 heterocycles. The number of azide groups is 1. The van der Waals surface area contributed by atoms with Crippen molar-refractivity contribution in [3.8, 4) is 0 Å². The van der Waals surface area contributed by atoms with E-state index in [0.717, 1.165) is 14.6 Å². The fourth-order valence-corrected chi connectivity index (χ4v) is 2.80. The number of carbonyl (C=O) groups excluding carboxylic acids is 1. The second-order valence-corrected chi connectivity index (χ2v) is 4.70. The van der Waals surface area contributed by atoms with Gasteiger partial charge in [-0.2, -0.15) is 0 Å². The van der Waals surface area contributed by atoms with Gasteiger partial charge in [0.05, 0.1) is 4.88 Å². The summed E-state index contributed by atoms with van der Waals surface area (Å²) in [5.41, 5.74) is 8.16. The van der Waals surface area contributed by atoms with Crippen LogP contribution in [-0.2, 0) is 0 Å². The Balaban J connectivity index is 2.61. The summed E-state index contributed by atoms with van der Waals surface area (Å²) in [4.78, 5) is 14.2. The van der Waals surface area contributed by atoms with E-state index in [1.54, 1.807) is 6.07 Å². The van der Waals surface area contributed by atoms with Crippen LogP contribution in [0.5, 0.6) is 0 Å². The molecule has 4 nitrogen and oxygen atoms in total. The highest BCUT2D eigenvalue weighted by Crippen LogP contribution is 2.31. The molecule has 0 bridgehead atoms. The molecule has 2 aromatic rings. The largest absolute Gasteiger partial charge is 0.286 e. The van der Waals surface area contributed by atoms with Crippen LogP contribution in [0.2, 0.25) is 0 Å². The molecule has 0 fully saturated rings. The van der Waals surface area contributed by atoms with Gasteiger partial charge in [0.1, 0.15) is 0 Å². The lowest BCUT2D eigenvalue weighted by atomic mass is 10.2. The van der Waals surface area contributed by atoms with E-state index in [1.807, 2.05) is 18.2 Å². The number of rotatable bonds is 1. The van der Waals surface area contributed by atoms with Gasteiger partial charge in [0.15, 0.2) is 0 Å². The SMILES string of the molecule is [N-]=[N+]=NC(=O)c1cc2c(Br)cccc2s1. The van der Waals surface area contributed by atoms with Gasteiger partial charge in [0, 0.05) is 19.5 Å². The van der Waals surface area contributed by atoms with Crippen LogP contribution in [0.4, 0.5) is 0 Å². The quantitative estimate of drug-likeness (QED) is 0.441. The van der Waals surface area contributed by atoms with Gasteiger partial charge in [-0.05, 0) is 28.8 Å².